The van der Waals surface area contributed by atoms with Gasteiger partial charge in [-0.25, -0.2) is 0 Å². The molecule has 0 amide bonds. The number of nitrogen functional groups attached to an aromatic ring is 1. The van der Waals surface area contributed by atoms with E-state index in [-0.39, 0.29) is 0 Å². The molecule has 3 heteroatoms. The van der Waals surface area contributed by atoms with Gasteiger partial charge in [0.25, 0.3) is 0 Å². The van der Waals surface area contributed by atoms with Gasteiger partial charge >= 0.3 is 0 Å². The molecule has 2 aromatic heterocycles. The number of aromatic nitrogens is 2. The highest BCUT2D eigenvalue weighted by Gasteiger charge is 2.11. The highest BCUT2D eigenvalue weighted by atomic mass is 15.3. The summed E-state index contributed by atoms with van der Waals surface area (Å²) in [5.74, 6) is 6.17. The lowest BCUT2D eigenvalue weighted by Gasteiger charge is -2.00. The van der Waals surface area contributed by atoms with E-state index in [4.69, 9.17) is 5.84 Å². The summed E-state index contributed by atoms with van der Waals surface area (Å²) in [4.78, 5) is 0. The van der Waals surface area contributed by atoms with Crippen LogP contribution in [0.25, 0.3) is 29.6 Å². The van der Waals surface area contributed by atoms with Crippen molar-refractivity contribution >= 4 is 29.6 Å². The maximum atomic E-state index is 6.17. The van der Waals surface area contributed by atoms with Gasteiger partial charge in [-0.3, -0.25) is 4.68 Å². The Hall–Kier alpha value is -2.68. The van der Waals surface area contributed by atoms with E-state index in [0.29, 0.717) is 0 Å². The number of hydrogen-bond acceptors (Lipinski definition) is 1. The molecule has 0 saturated carbocycles. The van der Waals surface area contributed by atoms with E-state index < -0.39 is 0 Å². The summed E-state index contributed by atoms with van der Waals surface area (Å²) < 4.78 is 3.92. The SMILES string of the molecule is C=c1/c(=C\c2c(C)c3ccccc3n2C)c(/C=C\CC)c(C)n1N. The van der Waals surface area contributed by atoms with Gasteiger partial charge in [0.2, 0.25) is 0 Å². The van der Waals surface area contributed by atoms with Crippen molar-refractivity contribution in [1.29, 1.82) is 0 Å². The average molecular weight is 319 g/mol. The zero-order valence-corrected chi connectivity index (χ0v) is 14.9. The second-order valence-corrected chi connectivity index (χ2v) is 6.27. The van der Waals surface area contributed by atoms with Crippen molar-refractivity contribution in [2.75, 3.05) is 5.84 Å². The van der Waals surface area contributed by atoms with Crippen molar-refractivity contribution in [2.24, 2.45) is 7.05 Å². The maximum Gasteiger partial charge on any atom is 0.0628 e. The first kappa shape index (κ1) is 16.2. The molecule has 0 radical (unpaired) electrons. The van der Waals surface area contributed by atoms with Crippen LogP contribution in [0.2, 0.25) is 0 Å². The van der Waals surface area contributed by atoms with E-state index in [1.807, 2.05) is 6.92 Å². The molecule has 0 aliphatic carbocycles. The Morgan fingerprint density at radius 1 is 1.21 bits per heavy atom. The Morgan fingerprint density at radius 3 is 2.58 bits per heavy atom. The zero-order chi connectivity index (χ0) is 17.4. The minimum Gasteiger partial charge on any atom is -0.344 e. The third-order valence-corrected chi connectivity index (χ3v) is 4.86. The number of rotatable bonds is 3. The van der Waals surface area contributed by atoms with Crippen LogP contribution in [0.5, 0.6) is 0 Å². The molecule has 0 saturated heterocycles. The smallest absolute Gasteiger partial charge is 0.0628 e. The van der Waals surface area contributed by atoms with Gasteiger partial charge in [-0.2, -0.15) is 0 Å². The van der Waals surface area contributed by atoms with Crippen LogP contribution in [0, 0.1) is 13.8 Å². The molecule has 0 spiro atoms. The van der Waals surface area contributed by atoms with Crippen molar-refractivity contribution in [2.45, 2.75) is 27.2 Å². The highest BCUT2D eigenvalue weighted by Crippen LogP contribution is 2.24. The summed E-state index contributed by atoms with van der Waals surface area (Å²) >= 11 is 0. The lowest BCUT2D eigenvalue weighted by atomic mass is 10.1. The Labute approximate surface area is 143 Å². The third-order valence-electron chi connectivity index (χ3n) is 4.86. The molecule has 0 aliphatic rings. The number of nitrogens with zero attached hydrogens (tertiary/aromatic N) is 2. The van der Waals surface area contributed by atoms with Crippen LogP contribution in [0.4, 0.5) is 0 Å². The Bertz CT molecular complexity index is 1010. The Kier molecular flexibility index (Phi) is 4.10. The number of nitrogens with two attached hydrogens (primary N) is 1. The molecular weight excluding hydrogens is 294 g/mol. The summed E-state index contributed by atoms with van der Waals surface area (Å²) in [6.07, 6.45) is 7.52. The number of fused-ring (bicyclic) bond motifs is 1. The second-order valence-electron chi connectivity index (χ2n) is 6.27. The van der Waals surface area contributed by atoms with Gasteiger partial charge in [-0.05, 0) is 38.0 Å². The first-order valence-electron chi connectivity index (χ1n) is 8.35. The quantitative estimate of drug-likeness (QED) is 0.740. The highest BCUT2D eigenvalue weighted by molar-refractivity contribution is 5.88. The van der Waals surface area contributed by atoms with Crippen LogP contribution in [0.1, 0.15) is 35.9 Å². The summed E-state index contributed by atoms with van der Waals surface area (Å²) in [5.41, 5.74) is 5.89. The van der Waals surface area contributed by atoms with E-state index >= 15 is 0 Å². The van der Waals surface area contributed by atoms with E-state index in [1.165, 1.54) is 22.2 Å². The maximum absolute atomic E-state index is 6.17. The standard InChI is InChI=1S/C21H25N3/c1-6-7-10-18-15(3)24(22)16(4)19(18)13-21-14(2)17-11-8-9-12-20(17)23(21)5/h7-13H,4,6,22H2,1-3,5H3/b10-7-,19-13+. The molecule has 0 aliphatic heterocycles. The molecule has 1 aromatic carbocycles. The van der Waals surface area contributed by atoms with Crippen molar-refractivity contribution < 1.29 is 0 Å². The minimum absolute atomic E-state index is 0.841. The fourth-order valence-electron chi connectivity index (χ4n) is 3.36. The van der Waals surface area contributed by atoms with Gasteiger partial charge in [-0.15, -0.1) is 0 Å². The van der Waals surface area contributed by atoms with Gasteiger partial charge in [-0.1, -0.05) is 43.9 Å². The fraction of sp³-hybridized carbons (Fsp3) is 0.238. The van der Waals surface area contributed by atoms with Crippen LogP contribution < -0.4 is 16.4 Å². The summed E-state index contributed by atoms with van der Waals surface area (Å²) in [5, 5.41) is 3.22. The van der Waals surface area contributed by atoms with Crippen LogP contribution in [0.3, 0.4) is 0 Å². The summed E-state index contributed by atoms with van der Waals surface area (Å²) in [6.45, 7) is 10.5. The molecule has 24 heavy (non-hydrogen) atoms. The molecule has 0 bridgehead atoms. The lowest BCUT2D eigenvalue weighted by molar-refractivity contribution is 0.924. The zero-order valence-electron chi connectivity index (χ0n) is 14.9. The largest absolute Gasteiger partial charge is 0.344 e. The van der Waals surface area contributed by atoms with Crippen LogP contribution in [0.15, 0.2) is 30.3 Å². The topological polar surface area (TPSA) is 35.9 Å². The number of allylic oxidation sites excluding steroid dienone is 1. The molecule has 0 unspecified atom stereocenters. The minimum atomic E-state index is 0.841. The molecule has 2 N–H and O–H groups in total. The Morgan fingerprint density at radius 2 is 1.92 bits per heavy atom. The predicted molar refractivity (Wildman–Crippen MR) is 105 cm³/mol. The van der Waals surface area contributed by atoms with Gasteiger partial charge in [0, 0.05) is 40.1 Å². The van der Waals surface area contributed by atoms with Crippen LogP contribution >= 0.6 is 0 Å². The molecule has 2 heterocycles. The van der Waals surface area contributed by atoms with Crippen molar-refractivity contribution in [3.63, 3.8) is 0 Å². The summed E-state index contributed by atoms with van der Waals surface area (Å²) in [7, 11) is 2.11. The molecule has 0 atom stereocenters. The van der Waals surface area contributed by atoms with Crippen LogP contribution in [-0.4, -0.2) is 9.24 Å². The second kappa shape index (κ2) is 6.08. The first-order valence-corrected chi connectivity index (χ1v) is 8.35. The van der Waals surface area contributed by atoms with Crippen LogP contribution in [-0.2, 0) is 7.05 Å². The number of benzene rings is 1. The van der Waals surface area contributed by atoms with E-state index in [9.17, 15) is 0 Å². The monoisotopic (exact) mass is 319 g/mol. The van der Waals surface area contributed by atoms with E-state index in [2.05, 4.69) is 74.5 Å². The fourth-order valence-corrected chi connectivity index (χ4v) is 3.36. The van der Waals surface area contributed by atoms with E-state index in [0.717, 1.165) is 28.2 Å². The number of para-hydroxylation sites is 1. The number of aryl methyl sites for hydroxylation is 2. The van der Waals surface area contributed by atoms with Gasteiger partial charge < -0.3 is 10.4 Å². The average Bonchev–Trinajstić information content (AvgIpc) is 2.95. The predicted octanol–water partition coefficient (Wildman–Crippen LogP) is 2.97. The molecule has 3 aromatic rings. The Balaban J connectivity index is 2.37. The van der Waals surface area contributed by atoms with Crippen molar-refractivity contribution in [1.82, 2.24) is 9.24 Å². The van der Waals surface area contributed by atoms with Gasteiger partial charge in [0.15, 0.2) is 0 Å². The molecule has 3 rings (SSSR count). The lowest BCUT2D eigenvalue weighted by Crippen LogP contribution is -2.33. The molecule has 0 fully saturated rings. The summed E-state index contributed by atoms with van der Waals surface area (Å²) in [6, 6.07) is 8.49. The van der Waals surface area contributed by atoms with Gasteiger partial charge in [0.1, 0.15) is 0 Å². The molecule has 3 nitrogen and oxygen atoms in total. The third kappa shape index (κ3) is 2.37. The normalized spacial score (nSPS) is 12.8. The molecular formula is C21H25N3. The molecule has 124 valence electrons. The van der Waals surface area contributed by atoms with Crippen molar-refractivity contribution in [3.8, 4) is 0 Å². The van der Waals surface area contributed by atoms with Crippen molar-refractivity contribution in [3.05, 3.63) is 63.4 Å². The van der Waals surface area contributed by atoms with E-state index in [1.54, 1.807) is 4.68 Å². The van der Waals surface area contributed by atoms with Gasteiger partial charge in [0.05, 0.1) is 5.35 Å². The first-order chi connectivity index (χ1) is 11.5. The number of hydrogen-bond donors (Lipinski definition) is 1.